The molecule has 5 amide bonds. The molecule has 2 aliphatic rings. The third-order valence-electron chi connectivity index (χ3n) is 7.47. The van der Waals surface area contributed by atoms with Crippen LogP contribution in [0.5, 0.6) is 0 Å². The summed E-state index contributed by atoms with van der Waals surface area (Å²) in [7, 11) is 0. The number of rotatable bonds is 8. The molecular formula is C31H37ClN4O4. The quantitative estimate of drug-likeness (QED) is 0.371. The van der Waals surface area contributed by atoms with Gasteiger partial charge in [-0.1, -0.05) is 80.5 Å². The van der Waals surface area contributed by atoms with Crippen molar-refractivity contribution in [3.63, 3.8) is 0 Å². The molecule has 4 rings (SSSR count). The molecule has 2 saturated carbocycles. The summed E-state index contributed by atoms with van der Waals surface area (Å²) in [6.45, 7) is -0.368. The predicted octanol–water partition coefficient (Wildman–Crippen LogP) is 5.43. The zero-order chi connectivity index (χ0) is 28.3. The van der Waals surface area contributed by atoms with Crippen molar-refractivity contribution in [2.24, 2.45) is 0 Å². The molecule has 0 bridgehead atoms. The average molecular weight is 565 g/mol. The zero-order valence-corrected chi connectivity index (χ0v) is 23.4. The molecule has 3 N–H and O–H groups in total. The second-order valence-electron chi connectivity index (χ2n) is 10.5. The van der Waals surface area contributed by atoms with Gasteiger partial charge in [-0.25, -0.2) is 4.79 Å². The van der Waals surface area contributed by atoms with Crippen molar-refractivity contribution in [1.29, 1.82) is 0 Å². The molecule has 0 spiro atoms. The van der Waals surface area contributed by atoms with E-state index in [0.717, 1.165) is 64.2 Å². The van der Waals surface area contributed by atoms with E-state index in [0.29, 0.717) is 16.1 Å². The lowest BCUT2D eigenvalue weighted by Crippen LogP contribution is -2.55. The molecule has 9 heteroatoms. The smallest absolute Gasteiger partial charge is 0.324 e. The molecule has 2 aromatic rings. The predicted molar refractivity (Wildman–Crippen MR) is 155 cm³/mol. The Bertz CT molecular complexity index is 1200. The number of hydrogen-bond donors (Lipinski definition) is 3. The van der Waals surface area contributed by atoms with Crippen molar-refractivity contribution < 1.29 is 19.2 Å². The molecule has 0 aromatic heterocycles. The van der Waals surface area contributed by atoms with E-state index in [-0.39, 0.29) is 30.4 Å². The van der Waals surface area contributed by atoms with Crippen molar-refractivity contribution in [3.8, 4) is 0 Å². The van der Waals surface area contributed by atoms with Crippen LogP contribution >= 0.6 is 11.6 Å². The monoisotopic (exact) mass is 564 g/mol. The van der Waals surface area contributed by atoms with E-state index in [1.165, 1.54) is 11.0 Å². The number of benzene rings is 2. The molecule has 0 aliphatic heterocycles. The van der Waals surface area contributed by atoms with Gasteiger partial charge in [0.2, 0.25) is 5.91 Å². The molecule has 2 aromatic carbocycles. The van der Waals surface area contributed by atoms with Crippen LogP contribution in [0.4, 0.5) is 4.79 Å². The van der Waals surface area contributed by atoms with E-state index in [4.69, 9.17) is 11.6 Å². The van der Waals surface area contributed by atoms with E-state index in [1.807, 2.05) is 0 Å². The van der Waals surface area contributed by atoms with Crippen LogP contribution in [0, 0.1) is 0 Å². The number of carbonyl (C=O) groups is 4. The Morgan fingerprint density at radius 2 is 1.45 bits per heavy atom. The fraction of sp³-hybridized carbons (Fsp3) is 0.419. The Hall–Kier alpha value is -3.65. The topological polar surface area (TPSA) is 108 Å². The summed E-state index contributed by atoms with van der Waals surface area (Å²) in [4.78, 5) is 54.2. The molecule has 2 fully saturated rings. The van der Waals surface area contributed by atoms with Gasteiger partial charge in [0.15, 0.2) is 0 Å². The number of carbonyl (C=O) groups excluding carboxylic acids is 4. The fourth-order valence-corrected chi connectivity index (χ4v) is 5.44. The third-order valence-corrected chi connectivity index (χ3v) is 7.72. The molecule has 2 aliphatic carbocycles. The lowest BCUT2D eigenvalue weighted by Gasteiger charge is -2.34. The molecule has 8 nitrogen and oxygen atoms in total. The van der Waals surface area contributed by atoms with Crippen LogP contribution in [0.3, 0.4) is 0 Å². The van der Waals surface area contributed by atoms with E-state index in [2.05, 4.69) is 16.0 Å². The van der Waals surface area contributed by atoms with Crippen LogP contribution < -0.4 is 16.0 Å². The maximum Gasteiger partial charge on any atom is 0.324 e. The molecule has 0 radical (unpaired) electrons. The van der Waals surface area contributed by atoms with Crippen molar-refractivity contribution in [3.05, 3.63) is 76.4 Å². The van der Waals surface area contributed by atoms with E-state index in [1.54, 1.807) is 54.6 Å². The third kappa shape index (κ3) is 8.42. The molecule has 0 atom stereocenters. The lowest BCUT2D eigenvalue weighted by atomic mass is 9.93. The maximum atomic E-state index is 13.4. The van der Waals surface area contributed by atoms with Gasteiger partial charge in [0.05, 0.1) is 6.54 Å². The number of hydrogen-bond acceptors (Lipinski definition) is 4. The molecular weight excluding hydrogens is 528 g/mol. The normalized spacial score (nSPS) is 16.6. The number of halogens is 1. The zero-order valence-electron chi connectivity index (χ0n) is 22.7. The second-order valence-corrected chi connectivity index (χ2v) is 10.9. The fourth-order valence-electron chi connectivity index (χ4n) is 5.32. The minimum atomic E-state index is -0.635. The highest BCUT2D eigenvalue weighted by molar-refractivity contribution is 6.30. The van der Waals surface area contributed by atoms with Gasteiger partial charge in [0, 0.05) is 22.7 Å². The van der Waals surface area contributed by atoms with Crippen molar-refractivity contribution in [1.82, 2.24) is 20.9 Å². The highest BCUT2D eigenvalue weighted by Crippen LogP contribution is 2.24. The standard InChI is InChI=1S/C31H37ClN4O4/c32-24-18-16-22(17-19-24)20-27(35-29(38)23-10-4-1-5-11-23)30(39)33-21-28(37)36(26-14-8-3-9-15-26)31(40)34-25-12-6-2-7-13-25/h1,4-5,10-11,16-20,25-26H,2-3,6-9,12-15,21H2,(H,33,39)(H,34,40)(H,35,38)/b27-20+. The Balaban J connectivity index is 1.47. The number of nitrogens with one attached hydrogen (secondary N) is 3. The SMILES string of the molecule is O=C(NCC(=O)N(C(=O)NC1CCCCC1)C1CCCCC1)/C(=C\c1ccc(Cl)cc1)NC(=O)c1ccccc1. The van der Waals surface area contributed by atoms with E-state index >= 15 is 0 Å². The Kier molecular flexibility index (Phi) is 10.7. The highest BCUT2D eigenvalue weighted by Gasteiger charge is 2.32. The molecule has 0 saturated heterocycles. The van der Waals surface area contributed by atoms with Gasteiger partial charge in [-0.15, -0.1) is 0 Å². The first kappa shape index (κ1) is 29.3. The Labute approximate surface area is 240 Å². The van der Waals surface area contributed by atoms with E-state index < -0.39 is 17.7 Å². The van der Waals surface area contributed by atoms with Gasteiger partial charge >= 0.3 is 6.03 Å². The summed E-state index contributed by atoms with van der Waals surface area (Å²) in [6.07, 6.45) is 11.1. The minimum Gasteiger partial charge on any atom is -0.342 e. The summed E-state index contributed by atoms with van der Waals surface area (Å²) in [5.74, 6) is -1.56. The van der Waals surface area contributed by atoms with Crippen LogP contribution in [0.2, 0.25) is 5.02 Å². The van der Waals surface area contributed by atoms with Crippen LogP contribution in [0.25, 0.3) is 6.08 Å². The second kappa shape index (κ2) is 14.7. The van der Waals surface area contributed by atoms with Crippen molar-refractivity contribution in [2.75, 3.05) is 6.54 Å². The first-order valence-electron chi connectivity index (χ1n) is 14.1. The lowest BCUT2D eigenvalue weighted by molar-refractivity contribution is -0.131. The largest absolute Gasteiger partial charge is 0.342 e. The highest BCUT2D eigenvalue weighted by atomic mass is 35.5. The van der Waals surface area contributed by atoms with Crippen molar-refractivity contribution >= 4 is 41.4 Å². The van der Waals surface area contributed by atoms with Gasteiger partial charge in [0.1, 0.15) is 5.70 Å². The summed E-state index contributed by atoms with van der Waals surface area (Å²) >= 11 is 6.00. The summed E-state index contributed by atoms with van der Waals surface area (Å²) in [5.41, 5.74) is 1.00. The van der Waals surface area contributed by atoms with Gasteiger partial charge in [-0.3, -0.25) is 19.3 Å². The van der Waals surface area contributed by atoms with Gasteiger partial charge in [-0.05, 0) is 61.6 Å². The van der Waals surface area contributed by atoms with Gasteiger partial charge < -0.3 is 16.0 Å². The van der Waals surface area contributed by atoms with Crippen molar-refractivity contribution in [2.45, 2.75) is 76.3 Å². The van der Waals surface area contributed by atoms with Gasteiger partial charge in [0.25, 0.3) is 11.8 Å². The molecule has 212 valence electrons. The first-order chi connectivity index (χ1) is 19.4. The molecule has 0 heterocycles. The summed E-state index contributed by atoms with van der Waals surface area (Å²) in [5, 5.41) is 8.89. The number of urea groups is 1. The Morgan fingerprint density at radius 1 is 0.825 bits per heavy atom. The average Bonchev–Trinajstić information content (AvgIpc) is 2.98. The molecule has 0 unspecified atom stereocenters. The summed E-state index contributed by atoms with van der Waals surface area (Å²) in [6, 6.07) is 14.8. The van der Waals surface area contributed by atoms with Crippen LogP contribution in [0.15, 0.2) is 60.3 Å². The van der Waals surface area contributed by atoms with E-state index in [9.17, 15) is 19.2 Å². The van der Waals surface area contributed by atoms with Crippen LogP contribution in [-0.2, 0) is 9.59 Å². The summed E-state index contributed by atoms with van der Waals surface area (Å²) < 4.78 is 0. The Morgan fingerprint density at radius 3 is 2.10 bits per heavy atom. The maximum absolute atomic E-state index is 13.4. The molecule has 40 heavy (non-hydrogen) atoms. The number of amides is 5. The van der Waals surface area contributed by atoms with Crippen LogP contribution in [0.1, 0.15) is 80.1 Å². The number of nitrogens with zero attached hydrogens (tertiary/aromatic N) is 1. The number of imide groups is 1. The first-order valence-corrected chi connectivity index (χ1v) is 14.5. The minimum absolute atomic E-state index is 0.0279. The van der Waals surface area contributed by atoms with Crippen LogP contribution in [-0.4, -0.2) is 47.3 Å². The van der Waals surface area contributed by atoms with Gasteiger partial charge in [-0.2, -0.15) is 0 Å².